The highest BCUT2D eigenvalue weighted by molar-refractivity contribution is 5.87. The van der Waals surface area contributed by atoms with Crippen LogP contribution in [-0.2, 0) is 28.7 Å². The number of hydrogen-bond acceptors (Lipinski definition) is 8. The predicted molar refractivity (Wildman–Crippen MR) is 73.5 cm³/mol. The average molecular weight is 342 g/mol. The van der Waals surface area contributed by atoms with Gasteiger partial charge in [0, 0.05) is 5.56 Å². The number of ether oxygens (including phenoxy) is 2. The molecule has 0 aromatic heterocycles. The van der Waals surface area contributed by atoms with Crippen molar-refractivity contribution >= 4 is 23.9 Å². The molecule has 24 heavy (non-hydrogen) atoms. The van der Waals surface area contributed by atoms with Crippen LogP contribution in [0.3, 0.4) is 0 Å². The van der Waals surface area contributed by atoms with Crippen molar-refractivity contribution in [2.75, 3.05) is 6.61 Å². The van der Waals surface area contributed by atoms with E-state index in [4.69, 9.17) is 15.3 Å². The van der Waals surface area contributed by atoms with Crippen molar-refractivity contribution in [3.8, 4) is 0 Å². The van der Waals surface area contributed by atoms with Crippen LogP contribution in [0.2, 0.25) is 0 Å². The van der Waals surface area contributed by atoms with Gasteiger partial charge in [-0.2, -0.15) is 0 Å². The Morgan fingerprint density at radius 2 is 1.50 bits per heavy atom. The van der Waals surface area contributed by atoms with Gasteiger partial charge >= 0.3 is 23.9 Å². The first kappa shape index (κ1) is 19.1. The fourth-order valence-corrected chi connectivity index (χ4v) is 1.54. The van der Waals surface area contributed by atoms with E-state index in [0.29, 0.717) is 0 Å². The molecule has 0 aliphatic rings. The van der Waals surface area contributed by atoms with Gasteiger partial charge < -0.3 is 29.9 Å². The van der Waals surface area contributed by atoms with Gasteiger partial charge in [0.05, 0.1) is 0 Å². The maximum atomic E-state index is 11.9. The molecule has 4 N–H and O–H groups in total. The SMILES string of the molecule is O=C(O)COC(=O)C(OC(=O)C(O)C(O)C(=O)O)c1ccccc1. The number of aliphatic carboxylic acids is 2. The minimum atomic E-state index is -2.45. The Labute approximate surface area is 134 Å². The number of carboxylic acid groups (broad SMARTS) is 2. The summed E-state index contributed by atoms with van der Waals surface area (Å²) in [6.07, 6.45) is -6.64. The summed E-state index contributed by atoms with van der Waals surface area (Å²) in [5.74, 6) is -6.15. The van der Waals surface area contributed by atoms with Crippen LogP contribution in [0.15, 0.2) is 30.3 Å². The largest absolute Gasteiger partial charge is 0.479 e. The molecule has 0 saturated heterocycles. The molecular weight excluding hydrogens is 328 g/mol. The van der Waals surface area contributed by atoms with Crippen LogP contribution >= 0.6 is 0 Å². The standard InChI is InChI=1S/C14H14O10/c15-8(16)6-23-14(22)11(7-4-2-1-3-5-7)24-13(21)10(18)9(17)12(19)20/h1-5,9-11,17-18H,6H2,(H,15,16)(H,19,20). The summed E-state index contributed by atoms with van der Waals surface area (Å²) in [7, 11) is 0. The molecule has 0 saturated carbocycles. The van der Waals surface area contributed by atoms with Gasteiger partial charge in [-0.25, -0.2) is 19.2 Å². The van der Waals surface area contributed by atoms with Crippen molar-refractivity contribution in [2.45, 2.75) is 18.3 Å². The Morgan fingerprint density at radius 3 is 2.00 bits per heavy atom. The molecule has 130 valence electrons. The van der Waals surface area contributed by atoms with Crippen molar-refractivity contribution in [1.82, 2.24) is 0 Å². The lowest BCUT2D eigenvalue weighted by atomic mass is 10.1. The number of carbonyl (C=O) groups excluding carboxylic acids is 2. The van der Waals surface area contributed by atoms with E-state index < -0.39 is 48.8 Å². The fourth-order valence-electron chi connectivity index (χ4n) is 1.54. The smallest absolute Gasteiger partial charge is 0.352 e. The van der Waals surface area contributed by atoms with Gasteiger partial charge in [0.1, 0.15) is 0 Å². The van der Waals surface area contributed by atoms with Crippen LogP contribution in [0.25, 0.3) is 0 Å². The van der Waals surface area contributed by atoms with Crippen LogP contribution in [0, 0.1) is 0 Å². The molecule has 10 nitrogen and oxygen atoms in total. The molecule has 3 atom stereocenters. The highest BCUT2D eigenvalue weighted by Crippen LogP contribution is 2.20. The number of rotatable bonds is 8. The lowest BCUT2D eigenvalue weighted by Crippen LogP contribution is -2.41. The molecule has 1 aromatic rings. The molecule has 0 bridgehead atoms. The maximum absolute atomic E-state index is 11.9. The van der Waals surface area contributed by atoms with Gasteiger partial charge in [0.25, 0.3) is 0 Å². The monoisotopic (exact) mass is 342 g/mol. The second-order valence-electron chi connectivity index (χ2n) is 4.46. The third kappa shape index (κ3) is 5.34. The first-order valence-electron chi connectivity index (χ1n) is 6.47. The van der Waals surface area contributed by atoms with Crippen LogP contribution in [0.1, 0.15) is 11.7 Å². The van der Waals surface area contributed by atoms with Crippen molar-refractivity contribution in [2.24, 2.45) is 0 Å². The van der Waals surface area contributed by atoms with Gasteiger partial charge in [-0.1, -0.05) is 30.3 Å². The van der Waals surface area contributed by atoms with Crippen molar-refractivity contribution in [1.29, 1.82) is 0 Å². The first-order chi connectivity index (χ1) is 11.2. The molecule has 0 amide bonds. The summed E-state index contributed by atoms with van der Waals surface area (Å²) in [5.41, 5.74) is 0.0956. The summed E-state index contributed by atoms with van der Waals surface area (Å²) in [6.45, 7) is -0.986. The molecular formula is C14H14O10. The average Bonchev–Trinajstić information content (AvgIpc) is 2.56. The molecule has 0 radical (unpaired) electrons. The fraction of sp³-hybridized carbons (Fsp3) is 0.286. The first-order valence-corrected chi connectivity index (χ1v) is 6.47. The third-order valence-electron chi connectivity index (χ3n) is 2.68. The number of aliphatic hydroxyl groups excluding tert-OH is 2. The molecule has 0 aliphatic heterocycles. The van der Waals surface area contributed by atoms with E-state index in [0.717, 1.165) is 0 Å². The summed E-state index contributed by atoms with van der Waals surface area (Å²) in [6, 6.07) is 7.29. The maximum Gasteiger partial charge on any atom is 0.352 e. The number of carboxylic acids is 2. The number of carbonyl (C=O) groups is 4. The van der Waals surface area contributed by atoms with E-state index >= 15 is 0 Å². The van der Waals surface area contributed by atoms with Crippen LogP contribution in [0.5, 0.6) is 0 Å². The zero-order valence-electron chi connectivity index (χ0n) is 12.1. The Bertz CT molecular complexity index is 611. The van der Waals surface area contributed by atoms with E-state index in [1.54, 1.807) is 6.07 Å². The summed E-state index contributed by atoms with van der Waals surface area (Å²) >= 11 is 0. The van der Waals surface area contributed by atoms with Crippen molar-refractivity contribution in [3.63, 3.8) is 0 Å². The van der Waals surface area contributed by atoms with Crippen molar-refractivity contribution in [3.05, 3.63) is 35.9 Å². The van der Waals surface area contributed by atoms with E-state index in [9.17, 15) is 24.3 Å². The van der Waals surface area contributed by atoms with E-state index in [1.165, 1.54) is 24.3 Å². The number of benzene rings is 1. The topological polar surface area (TPSA) is 168 Å². The third-order valence-corrected chi connectivity index (χ3v) is 2.68. The second-order valence-corrected chi connectivity index (χ2v) is 4.46. The molecule has 1 rings (SSSR count). The lowest BCUT2D eigenvalue weighted by Gasteiger charge is -2.19. The quantitative estimate of drug-likeness (QED) is 0.417. The van der Waals surface area contributed by atoms with Gasteiger partial charge in [-0.05, 0) is 0 Å². The number of aliphatic hydroxyl groups is 2. The molecule has 0 spiro atoms. The van der Waals surface area contributed by atoms with Gasteiger partial charge in [-0.3, -0.25) is 0 Å². The number of esters is 2. The van der Waals surface area contributed by atoms with Gasteiger partial charge in [0.15, 0.2) is 18.8 Å². The van der Waals surface area contributed by atoms with E-state index in [2.05, 4.69) is 9.47 Å². The molecule has 3 unspecified atom stereocenters. The van der Waals surface area contributed by atoms with E-state index in [1.807, 2.05) is 0 Å². The predicted octanol–water partition coefficient (Wildman–Crippen LogP) is -1.29. The lowest BCUT2D eigenvalue weighted by molar-refractivity contribution is -0.182. The summed E-state index contributed by atoms with van der Waals surface area (Å²) < 4.78 is 9.12. The normalized spacial score (nSPS) is 14.1. The molecule has 0 fully saturated rings. The van der Waals surface area contributed by atoms with Gasteiger partial charge in [0.2, 0.25) is 6.10 Å². The zero-order chi connectivity index (χ0) is 18.3. The minimum absolute atomic E-state index is 0.0956. The van der Waals surface area contributed by atoms with Crippen LogP contribution < -0.4 is 0 Å². The van der Waals surface area contributed by atoms with E-state index in [-0.39, 0.29) is 5.56 Å². The second kappa shape index (κ2) is 8.60. The zero-order valence-corrected chi connectivity index (χ0v) is 12.1. The number of hydrogen-bond donors (Lipinski definition) is 4. The van der Waals surface area contributed by atoms with Gasteiger partial charge in [-0.15, -0.1) is 0 Å². The van der Waals surface area contributed by atoms with Crippen LogP contribution in [0.4, 0.5) is 0 Å². The Balaban J connectivity index is 2.93. The molecule has 1 aromatic carbocycles. The molecule has 10 heteroatoms. The Hall–Kier alpha value is -2.98. The summed E-state index contributed by atoms with van der Waals surface area (Å²) in [5, 5.41) is 35.5. The highest BCUT2D eigenvalue weighted by Gasteiger charge is 2.35. The Kier molecular flexibility index (Phi) is 6.83. The highest BCUT2D eigenvalue weighted by atomic mass is 16.6. The van der Waals surface area contributed by atoms with Crippen LogP contribution in [-0.4, -0.2) is 63.1 Å². The van der Waals surface area contributed by atoms with Crippen molar-refractivity contribution < 1.29 is 49.1 Å². The Morgan fingerprint density at radius 1 is 0.917 bits per heavy atom. The minimum Gasteiger partial charge on any atom is -0.479 e. The summed E-state index contributed by atoms with van der Waals surface area (Å²) in [4.78, 5) is 44.6. The molecule has 0 aliphatic carbocycles. The molecule has 0 heterocycles.